The molecule has 15 heavy (non-hydrogen) atoms. The van der Waals surface area contributed by atoms with Crippen molar-refractivity contribution in [2.45, 2.75) is 32.6 Å². The van der Waals surface area contributed by atoms with Crippen LogP contribution in [0.1, 0.15) is 36.6 Å². The number of hydrogen-bond acceptors (Lipinski definition) is 1. The monoisotopic (exact) mass is 204 g/mol. The van der Waals surface area contributed by atoms with E-state index in [4.69, 9.17) is 0 Å². The van der Waals surface area contributed by atoms with Crippen molar-refractivity contribution in [1.29, 1.82) is 0 Å². The predicted molar refractivity (Wildman–Crippen MR) is 66.3 cm³/mol. The van der Waals surface area contributed by atoms with Crippen LogP contribution in [0, 0.1) is 0 Å². The second kappa shape index (κ2) is 4.13. The van der Waals surface area contributed by atoms with Crippen molar-refractivity contribution in [2.24, 2.45) is 7.05 Å². The normalized spacial score (nSPS) is 15.7. The fraction of sp³-hybridized carbons (Fsp3) is 0.538. The molecule has 0 radical (unpaired) electrons. The second-order valence-corrected chi connectivity index (χ2v) is 4.20. The first-order valence-corrected chi connectivity index (χ1v) is 5.80. The Balaban J connectivity index is 2.59. The lowest BCUT2D eigenvalue weighted by atomic mass is 9.94. The van der Waals surface area contributed by atoms with Gasteiger partial charge in [-0.15, -0.1) is 0 Å². The summed E-state index contributed by atoms with van der Waals surface area (Å²) in [5.41, 5.74) is 4.49. The molecule has 0 amide bonds. The van der Waals surface area contributed by atoms with Crippen LogP contribution in [-0.2, 0) is 19.9 Å². The van der Waals surface area contributed by atoms with Gasteiger partial charge in [0.1, 0.15) is 5.82 Å². The zero-order valence-corrected chi connectivity index (χ0v) is 9.93. The molecule has 1 aromatic rings. The highest BCUT2D eigenvalue weighted by Gasteiger charge is 2.20. The van der Waals surface area contributed by atoms with Crippen molar-refractivity contribution in [3.63, 3.8) is 0 Å². The molecule has 0 unspecified atom stereocenters. The van der Waals surface area contributed by atoms with Gasteiger partial charge < -0.3 is 9.88 Å². The third-order valence-electron chi connectivity index (χ3n) is 3.33. The summed E-state index contributed by atoms with van der Waals surface area (Å²) in [5.74, 6) is 1.26. The number of allylic oxidation sites excluding steroid dienone is 1. The minimum absolute atomic E-state index is 1.23. The molecule has 1 N–H and O–H groups in total. The SMILES string of the molecule is C/C=C\c1c2c(n(C)c1NC)CCCC2. The molecule has 82 valence electrons. The number of rotatable bonds is 2. The zero-order valence-electron chi connectivity index (χ0n) is 9.93. The lowest BCUT2D eigenvalue weighted by molar-refractivity contribution is 0.649. The topological polar surface area (TPSA) is 17.0 Å². The maximum Gasteiger partial charge on any atom is 0.113 e. The Morgan fingerprint density at radius 1 is 1.27 bits per heavy atom. The molecule has 2 rings (SSSR count). The van der Waals surface area contributed by atoms with E-state index in [1.807, 2.05) is 7.05 Å². The molecule has 0 bridgehead atoms. The number of nitrogens with zero attached hydrogens (tertiary/aromatic N) is 1. The number of nitrogens with one attached hydrogen (secondary N) is 1. The first kappa shape index (κ1) is 10.3. The molecular weight excluding hydrogens is 184 g/mol. The highest BCUT2D eigenvalue weighted by molar-refractivity contribution is 5.70. The number of anilines is 1. The molecule has 0 saturated heterocycles. The Labute approximate surface area is 92.0 Å². The molecule has 2 nitrogen and oxygen atoms in total. The Hall–Kier alpha value is -1.18. The maximum absolute atomic E-state index is 3.32. The van der Waals surface area contributed by atoms with Gasteiger partial charge in [-0.05, 0) is 38.2 Å². The molecule has 1 aliphatic rings. The average molecular weight is 204 g/mol. The zero-order chi connectivity index (χ0) is 10.8. The van der Waals surface area contributed by atoms with Crippen LogP contribution < -0.4 is 5.32 Å². The van der Waals surface area contributed by atoms with Gasteiger partial charge in [0, 0.05) is 25.4 Å². The molecule has 0 saturated carbocycles. The van der Waals surface area contributed by atoms with Crippen molar-refractivity contribution < 1.29 is 0 Å². The summed E-state index contributed by atoms with van der Waals surface area (Å²) < 4.78 is 2.32. The highest BCUT2D eigenvalue weighted by atomic mass is 15.1. The first-order chi connectivity index (χ1) is 7.29. The highest BCUT2D eigenvalue weighted by Crippen LogP contribution is 2.33. The molecule has 0 atom stereocenters. The van der Waals surface area contributed by atoms with Gasteiger partial charge in [-0.2, -0.15) is 0 Å². The summed E-state index contributed by atoms with van der Waals surface area (Å²) in [7, 11) is 4.18. The van der Waals surface area contributed by atoms with Gasteiger partial charge in [0.25, 0.3) is 0 Å². The third kappa shape index (κ3) is 1.58. The fourth-order valence-electron chi connectivity index (χ4n) is 2.66. The van der Waals surface area contributed by atoms with Crippen LogP contribution in [-0.4, -0.2) is 11.6 Å². The minimum atomic E-state index is 1.23. The van der Waals surface area contributed by atoms with E-state index in [-0.39, 0.29) is 0 Å². The van der Waals surface area contributed by atoms with Crippen LogP contribution in [0.25, 0.3) is 6.08 Å². The van der Waals surface area contributed by atoms with Crippen molar-refractivity contribution in [1.82, 2.24) is 4.57 Å². The van der Waals surface area contributed by atoms with Gasteiger partial charge in [-0.1, -0.05) is 12.2 Å². The van der Waals surface area contributed by atoms with Gasteiger partial charge in [0.05, 0.1) is 0 Å². The van der Waals surface area contributed by atoms with E-state index in [9.17, 15) is 0 Å². The molecule has 0 fully saturated rings. The van der Waals surface area contributed by atoms with E-state index in [2.05, 4.69) is 36.0 Å². The van der Waals surface area contributed by atoms with E-state index in [1.165, 1.54) is 42.8 Å². The third-order valence-corrected chi connectivity index (χ3v) is 3.33. The molecular formula is C13H20N2. The second-order valence-electron chi connectivity index (χ2n) is 4.20. The van der Waals surface area contributed by atoms with Crippen molar-refractivity contribution in [3.8, 4) is 0 Å². The summed E-state index contributed by atoms with van der Waals surface area (Å²) in [5, 5.41) is 3.32. The Kier molecular flexibility index (Phi) is 2.85. The minimum Gasteiger partial charge on any atom is -0.374 e. The predicted octanol–water partition coefficient (Wildman–Crippen LogP) is 2.98. The maximum atomic E-state index is 3.32. The van der Waals surface area contributed by atoms with Crippen LogP contribution in [0.5, 0.6) is 0 Å². The van der Waals surface area contributed by atoms with E-state index in [1.54, 1.807) is 5.56 Å². The molecule has 0 spiro atoms. The van der Waals surface area contributed by atoms with Gasteiger partial charge in [-0.25, -0.2) is 0 Å². The van der Waals surface area contributed by atoms with Gasteiger partial charge in [0.2, 0.25) is 0 Å². The molecule has 1 aromatic heterocycles. The van der Waals surface area contributed by atoms with Crippen LogP contribution >= 0.6 is 0 Å². The largest absolute Gasteiger partial charge is 0.374 e. The summed E-state index contributed by atoms with van der Waals surface area (Å²) >= 11 is 0. The quantitative estimate of drug-likeness (QED) is 0.783. The number of aromatic nitrogens is 1. The summed E-state index contributed by atoms with van der Waals surface area (Å²) in [6, 6.07) is 0. The van der Waals surface area contributed by atoms with E-state index >= 15 is 0 Å². The van der Waals surface area contributed by atoms with Crippen molar-refractivity contribution >= 4 is 11.9 Å². The van der Waals surface area contributed by atoms with Gasteiger partial charge >= 0.3 is 0 Å². The molecule has 1 heterocycles. The average Bonchev–Trinajstić information content (AvgIpc) is 2.54. The molecule has 0 aliphatic heterocycles. The molecule has 2 heteroatoms. The van der Waals surface area contributed by atoms with Crippen molar-refractivity contribution in [3.05, 3.63) is 22.9 Å². The lowest BCUT2D eigenvalue weighted by Gasteiger charge is -2.13. The summed E-state index contributed by atoms with van der Waals surface area (Å²) in [6.07, 6.45) is 9.51. The van der Waals surface area contributed by atoms with E-state index in [0.29, 0.717) is 0 Å². The summed E-state index contributed by atoms with van der Waals surface area (Å²) in [4.78, 5) is 0. The van der Waals surface area contributed by atoms with Gasteiger partial charge in [0.15, 0.2) is 0 Å². The number of hydrogen-bond donors (Lipinski definition) is 1. The van der Waals surface area contributed by atoms with Crippen LogP contribution in [0.4, 0.5) is 5.82 Å². The Bertz CT molecular complexity index is 386. The molecule has 0 aromatic carbocycles. The van der Waals surface area contributed by atoms with Crippen LogP contribution in [0.3, 0.4) is 0 Å². The lowest BCUT2D eigenvalue weighted by Crippen LogP contribution is -2.06. The van der Waals surface area contributed by atoms with Crippen LogP contribution in [0.2, 0.25) is 0 Å². The van der Waals surface area contributed by atoms with E-state index < -0.39 is 0 Å². The fourth-order valence-corrected chi connectivity index (χ4v) is 2.66. The van der Waals surface area contributed by atoms with Crippen molar-refractivity contribution in [2.75, 3.05) is 12.4 Å². The first-order valence-electron chi connectivity index (χ1n) is 5.80. The Morgan fingerprint density at radius 2 is 2.00 bits per heavy atom. The molecule has 1 aliphatic carbocycles. The number of fused-ring (bicyclic) bond motifs is 1. The Morgan fingerprint density at radius 3 is 2.67 bits per heavy atom. The van der Waals surface area contributed by atoms with E-state index in [0.717, 1.165) is 0 Å². The van der Waals surface area contributed by atoms with Gasteiger partial charge in [-0.3, -0.25) is 0 Å². The summed E-state index contributed by atoms with van der Waals surface area (Å²) in [6.45, 7) is 2.08. The van der Waals surface area contributed by atoms with Crippen LogP contribution in [0.15, 0.2) is 6.08 Å². The standard InChI is InChI=1S/C13H20N2/c1-4-7-11-10-8-5-6-9-12(10)15(3)13(11)14-2/h4,7,14H,5-6,8-9H2,1-3H3/b7-4-. The smallest absolute Gasteiger partial charge is 0.113 e.